The number of carbonyl (C=O) groups is 2. The van der Waals surface area contributed by atoms with Crippen molar-refractivity contribution in [2.24, 2.45) is 0 Å². The molecule has 0 spiro atoms. The highest BCUT2D eigenvalue weighted by Crippen LogP contribution is 2.38. The van der Waals surface area contributed by atoms with E-state index in [0.717, 1.165) is 36.1 Å². The number of methoxy groups -OCH3 is 1. The van der Waals surface area contributed by atoms with Crippen LogP contribution in [0.2, 0.25) is 0 Å². The highest BCUT2D eigenvalue weighted by molar-refractivity contribution is 7.99. The minimum Gasteiger partial charge on any atom is -0.486 e. The number of nitrogens with zero attached hydrogens (tertiary/aromatic N) is 3. The first kappa shape index (κ1) is 24.2. The van der Waals surface area contributed by atoms with Crippen LogP contribution >= 0.6 is 23.1 Å². The van der Waals surface area contributed by atoms with Gasteiger partial charge in [0.15, 0.2) is 11.0 Å². The third-order valence-electron chi connectivity index (χ3n) is 5.44. The normalized spacial score (nSPS) is 12.8. The molecule has 4 rings (SSSR count). The molecule has 3 aromatic rings. The van der Waals surface area contributed by atoms with Crippen molar-refractivity contribution in [2.75, 3.05) is 18.2 Å². The Hall–Kier alpha value is -2.92. The van der Waals surface area contributed by atoms with Gasteiger partial charge in [0.2, 0.25) is 5.91 Å². The molecule has 180 valence electrons. The molecule has 0 saturated carbocycles. The second-order valence-electron chi connectivity index (χ2n) is 7.63. The van der Waals surface area contributed by atoms with Crippen molar-refractivity contribution >= 4 is 40.0 Å². The molecule has 0 saturated heterocycles. The lowest BCUT2D eigenvalue weighted by atomic mass is 9.95. The maximum absolute atomic E-state index is 13.1. The van der Waals surface area contributed by atoms with E-state index in [0.29, 0.717) is 33.8 Å². The molecular formula is C23H25FN4O4S2. The molecule has 1 N–H and O–H groups in total. The van der Waals surface area contributed by atoms with Crippen molar-refractivity contribution in [2.45, 2.75) is 50.9 Å². The number of benzene rings is 1. The fourth-order valence-electron chi connectivity index (χ4n) is 3.79. The molecule has 0 radical (unpaired) electrons. The van der Waals surface area contributed by atoms with Crippen LogP contribution in [0.1, 0.15) is 46.4 Å². The second-order valence-corrected chi connectivity index (χ2v) is 9.68. The molecule has 1 aliphatic carbocycles. The van der Waals surface area contributed by atoms with Gasteiger partial charge in [0.05, 0.1) is 18.4 Å². The number of rotatable bonds is 9. The van der Waals surface area contributed by atoms with E-state index in [1.54, 1.807) is 12.1 Å². The molecule has 0 fully saturated rings. The van der Waals surface area contributed by atoms with E-state index in [1.165, 1.54) is 42.3 Å². The van der Waals surface area contributed by atoms with Gasteiger partial charge < -0.3 is 19.4 Å². The predicted octanol–water partition coefficient (Wildman–Crippen LogP) is 4.47. The van der Waals surface area contributed by atoms with Gasteiger partial charge >= 0.3 is 5.97 Å². The molecule has 1 amide bonds. The molecule has 1 aliphatic rings. The van der Waals surface area contributed by atoms with Crippen molar-refractivity contribution in [3.63, 3.8) is 0 Å². The number of thioether (sulfide) groups is 1. The number of nitrogens with one attached hydrogen (secondary N) is 1. The van der Waals surface area contributed by atoms with Crippen molar-refractivity contribution in [3.05, 3.63) is 51.9 Å². The number of fused-ring (bicyclic) bond motifs is 1. The number of thiophene rings is 1. The SMILES string of the molecule is CCn1c(COc2ccc(F)cc2)nnc1SCC(=O)Nc1sc2c(c1C(=O)OC)CCCC2. The zero-order valence-electron chi connectivity index (χ0n) is 18.9. The predicted molar refractivity (Wildman–Crippen MR) is 128 cm³/mol. The van der Waals surface area contributed by atoms with Gasteiger partial charge in [-0.05, 0) is 62.4 Å². The zero-order valence-corrected chi connectivity index (χ0v) is 20.6. The third kappa shape index (κ3) is 5.41. The Balaban J connectivity index is 1.39. The molecule has 0 atom stereocenters. The quantitative estimate of drug-likeness (QED) is 0.339. The van der Waals surface area contributed by atoms with E-state index in [9.17, 15) is 14.0 Å². The number of ether oxygens (including phenoxy) is 2. The average Bonchev–Trinajstić information content (AvgIpc) is 3.42. The van der Waals surface area contributed by atoms with Gasteiger partial charge in [0.1, 0.15) is 23.2 Å². The summed E-state index contributed by atoms with van der Waals surface area (Å²) < 4.78 is 25.6. The highest BCUT2D eigenvalue weighted by atomic mass is 32.2. The van der Waals surface area contributed by atoms with E-state index in [2.05, 4.69) is 15.5 Å². The number of hydrogen-bond donors (Lipinski definition) is 1. The van der Waals surface area contributed by atoms with E-state index < -0.39 is 5.97 Å². The molecule has 0 unspecified atom stereocenters. The second kappa shape index (κ2) is 11.0. The third-order valence-corrected chi connectivity index (χ3v) is 7.61. The number of carbonyl (C=O) groups excluding carboxylic acids is 2. The van der Waals surface area contributed by atoms with Crippen LogP contribution in [-0.2, 0) is 35.5 Å². The van der Waals surface area contributed by atoms with Crippen LogP contribution in [0.15, 0.2) is 29.4 Å². The standard InChI is InChI=1S/C23H25FN4O4S2/c1-3-28-18(12-32-15-10-8-14(24)9-11-15)26-27-23(28)33-13-19(29)25-21-20(22(30)31-2)16-6-4-5-7-17(16)34-21/h8-11H,3-7,12-13H2,1-2H3,(H,25,29). The zero-order chi connectivity index (χ0) is 24.1. The van der Waals surface area contributed by atoms with Gasteiger partial charge in [-0.3, -0.25) is 4.79 Å². The summed E-state index contributed by atoms with van der Waals surface area (Å²) in [6.07, 6.45) is 3.84. The summed E-state index contributed by atoms with van der Waals surface area (Å²) in [6.45, 7) is 2.72. The minimum absolute atomic E-state index is 0.111. The van der Waals surface area contributed by atoms with Crippen LogP contribution in [0.25, 0.3) is 0 Å². The summed E-state index contributed by atoms with van der Waals surface area (Å²) in [7, 11) is 1.35. The Morgan fingerprint density at radius 3 is 2.71 bits per heavy atom. The lowest BCUT2D eigenvalue weighted by Gasteiger charge is -2.11. The summed E-state index contributed by atoms with van der Waals surface area (Å²) >= 11 is 2.72. The van der Waals surface area contributed by atoms with Gasteiger partial charge in [-0.1, -0.05) is 11.8 Å². The first-order valence-electron chi connectivity index (χ1n) is 11.0. The fraction of sp³-hybridized carbons (Fsp3) is 0.391. The van der Waals surface area contributed by atoms with Crippen LogP contribution in [0.5, 0.6) is 5.75 Å². The van der Waals surface area contributed by atoms with Crippen molar-refractivity contribution < 1.29 is 23.5 Å². The molecule has 0 bridgehead atoms. The van der Waals surface area contributed by atoms with E-state index in [1.807, 2.05) is 11.5 Å². The van der Waals surface area contributed by atoms with Crippen molar-refractivity contribution in [3.8, 4) is 5.75 Å². The van der Waals surface area contributed by atoms with Crippen LogP contribution < -0.4 is 10.1 Å². The van der Waals surface area contributed by atoms with Gasteiger partial charge in [-0.15, -0.1) is 21.5 Å². The number of aromatic nitrogens is 3. The molecule has 2 heterocycles. The summed E-state index contributed by atoms with van der Waals surface area (Å²) in [6, 6.07) is 5.75. The lowest BCUT2D eigenvalue weighted by Crippen LogP contribution is -2.17. The molecule has 34 heavy (non-hydrogen) atoms. The van der Waals surface area contributed by atoms with E-state index in [4.69, 9.17) is 9.47 Å². The summed E-state index contributed by atoms with van der Waals surface area (Å²) in [5.41, 5.74) is 1.49. The maximum Gasteiger partial charge on any atom is 0.341 e. The van der Waals surface area contributed by atoms with E-state index >= 15 is 0 Å². The largest absolute Gasteiger partial charge is 0.486 e. The lowest BCUT2D eigenvalue weighted by molar-refractivity contribution is -0.113. The Kier molecular flexibility index (Phi) is 7.84. The van der Waals surface area contributed by atoms with Crippen LogP contribution in [0, 0.1) is 5.82 Å². The molecule has 0 aliphatic heterocycles. The number of amides is 1. The number of esters is 1. The van der Waals surface area contributed by atoms with Crippen molar-refractivity contribution in [1.29, 1.82) is 0 Å². The first-order chi connectivity index (χ1) is 16.5. The minimum atomic E-state index is -0.418. The summed E-state index contributed by atoms with van der Waals surface area (Å²) in [5.74, 6) is 0.263. The van der Waals surface area contributed by atoms with Gasteiger partial charge in [-0.2, -0.15) is 0 Å². The number of halogens is 1. The molecular weight excluding hydrogens is 479 g/mol. The number of aryl methyl sites for hydroxylation is 1. The van der Waals surface area contributed by atoms with Crippen molar-refractivity contribution in [1.82, 2.24) is 14.8 Å². The van der Waals surface area contributed by atoms with Crippen LogP contribution in [-0.4, -0.2) is 39.5 Å². The topological polar surface area (TPSA) is 95.3 Å². The Morgan fingerprint density at radius 1 is 1.21 bits per heavy atom. The molecule has 8 nitrogen and oxygen atoms in total. The average molecular weight is 505 g/mol. The molecule has 11 heteroatoms. The van der Waals surface area contributed by atoms with Crippen LogP contribution in [0.4, 0.5) is 9.39 Å². The monoisotopic (exact) mass is 504 g/mol. The van der Waals surface area contributed by atoms with Gasteiger partial charge in [0.25, 0.3) is 0 Å². The number of anilines is 1. The Labute approximate surface area is 204 Å². The summed E-state index contributed by atoms with van der Waals surface area (Å²) in [5, 5.41) is 12.4. The Morgan fingerprint density at radius 2 is 1.97 bits per heavy atom. The van der Waals surface area contributed by atoms with Gasteiger partial charge in [-0.25, -0.2) is 9.18 Å². The van der Waals surface area contributed by atoms with Crippen LogP contribution in [0.3, 0.4) is 0 Å². The first-order valence-corrected chi connectivity index (χ1v) is 12.8. The molecule has 1 aromatic carbocycles. The highest BCUT2D eigenvalue weighted by Gasteiger charge is 2.27. The van der Waals surface area contributed by atoms with Gasteiger partial charge in [0, 0.05) is 11.4 Å². The summed E-state index contributed by atoms with van der Waals surface area (Å²) in [4.78, 5) is 26.2. The van der Waals surface area contributed by atoms with E-state index in [-0.39, 0.29) is 24.1 Å². The fourth-order valence-corrected chi connectivity index (χ4v) is 5.91. The molecule has 2 aromatic heterocycles. The number of hydrogen-bond acceptors (Lipinski definition) is 8. The Bertz CT molecular complexity index is 1180. The smallest absolute Gasteiger partial charge is 0.341 e. The maximum atomic E-state index is 13.1.